The number of imidazole rings is 1. The zero-order chi connectivity index (χ0) is 23.1. The quantitative estimate of drug-likeness (QED) is 0.356. The van der Waals surface area contributed by atoms with Crippen molar-refractivity contribution >= 4 is 17.1 Å². The predicted octanol–water partition coefficient (Wildman–Crippen LogP) is 2.13. The highest BCUT2D eigenvalue weighted by Gasteiger charge is 2.17. The van der Waals surface area contributed by atoms with Crippen LogP contribution in [0.3, 0.4) is 0 Å². The lowest BCUT2D eigenvalue weighted by atomic mass is 10.3. The van der Waals surface area contributed by atoms with Crippen LogP contribution in [0.15, 0.2) is 33.9 Å². The Morgan fingerprint density at radius 2 is 1.84 bits per heavy atom. The summed E-state index contributed by atoms with van der Waals surface area (Å²) in [7, 11) is 3.25. The first-order valence-electron chi connectivity index (χ1n) is 10.6. The van der Waals surface area contributed by atoms with E-state index in [4.69, 9.17) is 14.2 Å². The molecule has 0 radical (unpaired) electrons. The van der Waals surface area contributed by atoms with Gasteiger partial charge in [0, 0.05) is 20.0 Å². The second kappa shape index (κ2) is 10.7. The summed E-state index contributed by atoms with van der Waals surface area (Å²) in [6.07, 6.45) is 2.35. The van der Waals surface area contributed by atoms with Gasteiger partial charge in [-0.1, -0.05) is 13.3 Å². The Bertz CT molecular complexity index is 1180. The van der Waals surface area contributed by atoms with Crippen LogP contribution in [0.25, 0.3) is 11.2 Å². The van der Waals surface area contributed by atoms with E-state index in [2.05, 4.69) is 9.97 Å². The minimum absolute atomic E-state index is 0.0925. The highest BCUT2D eigenvalue weighted by molar-refractivity contribution is 5.71. The van der Waals surface area contributed by atoms with Gasteiger partial charge >= 0.3 is 11.7 Å². The number of fused-ring (bicyclic) bond motifs is 1. The fourth-order valence-corrected chi connectivity index (χ4v) is 3.24. The number of carbonyl (C=O) groups excluding carboxylic acids is 1. The number of ether oxygens (including phenoxy) is 3. The summed E-state index contributed by atoms with van der Waals surface area (Å²) in [6, 6.07) is 7.19. The van der Waals surface area contributed by atoms with Crippen LogP contribution in [0.4, 0.5) is 0 Å². The van der Waals surface area contributed by atoms with Gasteiger partial charge in [-0.25, -0.2) is 9.78 Å². The summed E-state index contributed by atoms with van der Waals surface area (Å²) in [5, 5.41) is 0. The molecule has 3 aromatic rings. The van der Waals surface area contributed by atoms with E-state index in [1.165, 1.54) is 4.57 Å². The van der Waals surface area contributed by atoms with Crippen molar-refractivity contribution in [3.63, 3.8) is 0 Å². The first kappa shape index (κ1) is 23.1. The SMILES string of the molecule is CCCCn1c(=O)[nH]c(=O)c2c1nc(COC(=O)CCCOc1ccc(OC)cc1)n2C. The van der Waals surface area contributed by atoms with E-state index in [1.54, 1.807) is 43.0 Å². The number of H-pyrrole nitrogens is 1. The number of benzene rings is 1. The molecule has 0 unspecified atom stereocenters. The number of rotatable bonds is 11. The van der Waals surface area contributed by atoms with Gasteiger partial charge in [-0.05, 0) is 37.1 Å². The number of methoxy groups -OCH3 is 1. The third-order valence-corrected chi connectivity index (χ3v) is 5.06. The smallest absolute Gasteiger partial charge is 0.330 e. The van der Waals surface area contributed by atoms with E-state index in [0.717, 1.165) is 18.6 Å². The third-order valence-electron chi connectivity index (χ3n) is 5.06. The molecule has 0 aliphatic rings. The maximum Gasteiger partial charge on any atom is 0.330 e. The summed E-state index contributed by atoms with van der Waals surface area (Å²) in [6.45, 7) is 2.74. The summed E-state index contributed by atoms with van der Waals surface area (Å²) < 4.78 is 19.0. The number of aromatic nitrogens is 4. The monoisotopic (exact) mass is 444 g/mol. The molecule has 0 fully saturated rings. The van der Waals surface area contributed by atoms with Gasteiger partial charge in [-0.15, -0.1) is 0 Å². The molecule has 10 nitrogen and oxygen atoms in total. The van der Waals surface area contributed by atoms with Gasteiger partial charge in [-0.2, -0.15) is 0 Å². The van der Waals surface area contributed by atoms with Gasteiger partial charge in [0.2, 0.25) is 0 Å². The Labute approximate surface area is 184 Å². The number of hydrogen-bond acceptors (Lipinski definition) is 7. The molecular weight excluding hydrogens is 416 g/mol. The molecule has 0 aliphatic carbocycles. The molecule has 0 amide bonds. The first-order valence-corrected chi connectivity index (χ1v) is 10.6. The largest absolute Gasteiger partial charge is 0.497 e. The zero-order valence-electron chi connectivity index (χ0n) is 18.6. The Balaban J connectivity index is 1.56. The van der Waals surface area contributed by atoms with Crippen molar-refractivity contribution in [2.24, 2.45) is 7.05 Å². The lowest BCUT2D eigenvalue weighted by molar-refractivity contribution is -0.145. The third kappa shape index (κ3) is 5.37. The Kier molecular flexibility index (Phi) is 7.69. The number of carbonyl (C=O) groups is 1. The van der Waals surface area contributed by atoms with Gasteiger partial charge in [0.05, 0.1) is 13.7 Å². The number of nitrogens with one attached hydrogen (secondary N) is 1. The topological polar surface area (TPSA) is 117 Å². The number of unbranched alkanes of at least 4 members (excludes halogenated alkanes) is 1. The molecule has 3 rings (SSSR count). The van der Waals surface area contributed by atoms with Gasteiger partial charge in [0.15, 0.2) is 11.2 Å². The van der Waals surface area contributed by atoms with E-state index in [0.29, 0.717) is 36.8 Å². The van der Waals surface area contributed by atoms with Gasteiger partial charge in [0.25, 0.3) is 5.56 Å². The Hall–Kier alpha value is -3.56. The molecule has 2 heterocycles. The lowest BCUT2D eigenvalue weighted by Gasteiger charge is -2.07. The number of nitrogens with zero attached hydrogens (tertiary/aromatic N) is 3. The summed E-state index contributed by atoms with van der Waals surface area (Å²) >= 11 is 0. The van der Waals surface area contributed by atoms with Crippen molar-refractivity contribution in [1.82, 2.24) is 19.1 Å². The second-order valence-corrected chi connectivity index (χ2v) is 7.31. The molecule has 0 spiro atoms. The van der Waals surface area contributed by atoms with Crippen LogP contribution in [-0.2, 0) is 29.7 Å². The number of aromatic amines is 1. The fourth-order valence-electron chi connectivity index (χ4n) is 3.24. The van der Waals surface area contributed by atoms with Crippen LogP contribution >= 0.6 is 0 Å². The van der Waals surface area contributed by atoms with Crippen molar-refractivity contribution in [1.29, 1.82) is 0 Å². The standard InChI is InChI=1S/C22H28N4O6/c1-4-5-12-26-20-19(21(28)24-22(26)29)25(2)17(23-20)14-32-18(27)7-6-13-31-16-10-8-15(30-3)9-11-16/h8-11H,4-7,12-14H2,1-3H3,(H,24,28,29). The number of hydrogen-bond donors (Lipinski definition) is 1. The average Bonchev–Trinajstić information content (AvgIpc) is 3.12. The number of aryl methyl sites for hydroxylation is 2. The van der Waals surface area contributed by atoms with Crippen LogP contribution in [0.2, 0.25) is 0 Å². The van der Waals surface area contributed by atoms with E-state index in [9.17, 15) is 14.4 Å². The molecule has 32 heavy (non-hydrogen) atoms. The molecular formula is C22H28N4O6. The van der Waals surface area contributed by atoms with E-state index < -0.39 is 17.2 Å². The molecule has 0 bridgehead atoms. The van der Waals surface area contributed by atoms with Crippen LogP contribution in [0.5, 0.6) is 11.5 Å². The number of esters is 1. The van der Waals surface area contributed by atoms with Crippen molar-refractivity contribution in [2.45, 2.75) is 45.8 Å². The van der Waals surface area contributed by atoms with Crippen LogP contribution in [0, 0.1) is 0 Å². The highest BCUT2D eigenvalue weighted by Crippen LogP contribution is 2.17. The van der Waals surface area contributed by atoms with E-state index >= 15 is 0 Å². The lowest BCUT2D eigenvalue weighted by Crippen LogP contribution is -2.31. The molecule has 0 saturated heterocycles. The van der Waals surface area contributed by atoms with E-state index in [1.807, 2.05) is 6.92 Å². The molecule has 10 heteroatoms. The van der Waals surface area contributed by atoms with Crippen molar-refractivity contribution in [3.8, 4) is 11.5 Å². The van der Waals surface area contributed by atoms with Crippen molar-refractivity contribution in [2.75, 3.05) is 13.7 Å². The fraction of sp³-hybridized carbons (Fsp3) is 0.455. The normalized spacial score (nSPS) is 11.0. The summed E-state index contributed by atoms with van der Waals surface area (Å²) in [4.78, 5) is 43.3. The van der Waals surface area contributed by atoms with Crippen molar-refractivity contribution in [3.05, 3.63) is 50.9 Å². The van der Waals surface area contributed by atoms with Crippen LogP contribution in [-0.4, -0.2) is 38.8 Å². The highest BCUT2D eigenvalue weighted by atomic mass is 16.5. The average molecular weight is 444 g/mol. The predicted molar refractivity (Wildman–Crippen MR) is 118 cm³/mol. The molecule has 0 aliphatic heterocycles. The zero-order valence-corrected chi connectivity index (χ0v) is 18.6. The first-order chi connectivity index (χ1) is 15.4. The molecule has 1 aromatic carbocycles. The minimum atomic E-state index is -0.513. The molecule has 2 aromatic heterocycles. The van der Waals surface area contributed by atoms with Gasteiger partial charge in [0.1, 0.15) is 23.9 Å². The molecule has 0 atom stereocenters. The van der Waals surface area contributed by atoms with Crippen LogP contribution < -0.4 is 20.7 Å². The van der Waals surface area contributed by atoms with E-state index in [-0.39, 0.29) is 18.5 Å². The maximum atomic E-state index is 12.3. The van der Waals surface area contributed by atoms with Gasteiger partial charge in [-0.3, -0.25) is 19.1 Å². The maximum absolute atomic E-state index is 12.3. The molecule has 1 N–H and O–H groups in total. The van der Waals surface area contributed by atoms with Crippen LogP contribution in [0.1, 0.15) is 38.4 Å². The minimum Gasteiger partial charge on any atom is -0.497 e. The Morgan fingerprint density at radius 1 is 1.12 bits per heavy atom. The van der Waals surface area contributed by atoms with Gasteiger partial charge < -0.3 is 18.8 Å². The second-order valence-electron chi connectivity index (χ2n) is 7.31. The summed E-state index contributed by atoms with van der Waals surface area (Å²) in [5.41, 5.74) is -0.427. The van der Waals surface area contributed by atoms with Crippen molar-refractivity contribution < 1.29 is 19.0 Å². The molecule has 0 saturated carbocycles. The molecule has 172 valence electrons. The summed E-state index contributed by atoms with van der Waals surface area (Å²) in [5.74, 6) is 1.43. The Morgan fingerprint density at radius 3 is 2.53 bits per heavy atom.